The van der Waals surface area contributed by atoms with Crippen LogP contribution in [0.4, 0.5) is 5.69 Å². The number of carbonyl (C=O) groups excluding carboxylic acids is 2. The number of ether oxygens (including phenoxy) is 2. The summed E-state index contributed by atoms with van der Waals surface area (Å²) in [7, 11) is 1.52. The number of hydrogen-bond acceptors (Lipinski definition) is 7. The summed E-state index contributed by atoms with van der Waals surface area (Å²) in [5, 5.41) is 7.88. The van der Waals surface area contributed by atoms with E-state index >= 15 is 0 Å². The van der Waals surface area contributed by atoms with Gasteiger partial charge in [-0.15, -0.1) is 0 Å². The van der Waals surface area contributed by atoms with Gasteiger partial charge in [0, 0.05) is 47.5 Å². The van der Waals surface area contributed by atoms with Crippen LogP contribution in [0.1, 0.15) is 44.7 Å². The third-order valence-electron chi connectivity index (χ3n) is 5.65. The van der Waals surface area contributed by atoms with Crippen LogP contribution in [0.3, 0.4) is 0 Å². The van der Waals surface area contributed by atoms with E-state index in [1.54, 1.807) is 42.6 Å². The largest absolute Gasteiger partial charge is 0.494 e. The maximum Gasteiger partial charge on any atom is 0.221 e. The summed E-state index contributed by atoms with van der Waals surface area (Å²) >= 11 is 6.50. The van der Waals surface area contributed by atoms with E-state index in [4.69, 9.17) is 25.6 Å². The molecule has 2 aromatic carbocycles. The van der Waals surface area contributed by atoms with Crippen molar-refractivity contribution in [3.05, 3.63) is 70.7 Å². The monoisotopic (exact) mass is 521 g/mol. The Morgan fingerprint density at radius 1 is 1.05 bits per heavy atom. The second kappa shape index (κ2) is 10.6. The molecule has 0 bridgehead atoms. The Morgan fingerprint density at radius 2 is 1.84 bits per heavy atom. The fraction of sp³-hybridized carbons (Fsp3) is 0.286. The van der Waals surface area contributed by atoms with Gasteiger partial charge in [-0.05, 0) is 29.8 Å². The van der Waals surface area contributed by atoms with E-state index in [1.807, 2.05) is 26.8 Å². The fourth-order valence-electron chi connectivity index (χ4n) is 3.78. The lowest BCUT2D eigenvalue weighted by atomic mass is 9.93. The molecule has 0 fully saturated rings. The van der Waals surface area contributed by atoms with E-state index in [2.05, 4.69) is 15.5 Å². The van der Waals surface area contributed by atoms with Gasteiger partial charge in [-0.2, -0.15) is 0 Å². The van der Waals surface area contributed by atoms with Crippen LogP contribution >= 0.6 is 11.6 Å². The molecule has 0 atom stereocenters. The summed E-state index contributed by atoms with van der Waals surface area (Å²) < 4.78 is 16.9. The van der Waals surface area contributed by atoms with Gasteiger partial charge in [-0.3, -0.25) is 14.6 Å². The zero-order valence-electron chi connectivity index (χ0n) is 21.3. The lowest BCUT2D eigenvalue weighted by molar-refractivity contribution is -0.118. The Kier molecular flexibility index (Phi) is 7.50. The molecule has 1 N–H and O–H groups in total. The molecule has 0 radical (unpaired) electrons. The van der Waals surface area contributed by atoms with Gasteiger partial charge in [0.2, 0.25) is 5.91 Å². The van der Waals surface area contributed by atoms with Crippen LogP contribution in [0.15, 0.2) is 53.2 Å². The average molecular weight is 522 g/mol. The van der Waals surface area contributed by atoms with Crippen molar-refractivity contribution in [1.82, 2.24) is 10.1 Å². The molecule has 1 amide bonds. The number of fused-ring (bicyclic) bond motifs is 1. The van der Waals surface area contributed by atoms with Crippen LogP contribution in [-0.2, 0) is 27.8 Å². The van der Waals surface area contributed by atoms with Crippen molar-refractivity contribution in [2.24, 2.45) is 0 Å². The Labute approximate surface area is 219 Å². The summed E-state index contributed by atoms with van der Waals surface area (Å²) in [6.45, 7) is 7.50. The number of amides is 1. The molecular weight excluding hydrogens is 494 g/mol. The number of rotatable bonds is 8. The summed E-state index contributed by atoms with van der Waals surface area (Å²) in [6.07, 6.45) is 1.95. The molecule has 4 aromatic rings. The number of Topliss-reactive ketones (excluding diaryl/α,β-unsaturated/α-hetero) is 1. The third-order valence-corrected chi connectivity index (χ3v) is 6.00. The maximum atomic E-state index is 12.7. The minimum absolute atomic E-state index is 0.0242. The maximum absolute atomic E-state index is 12.7. The summed E-state index contributed by atoms with van der Waals surface area (Å²) in [6, 6.07) is 12.2. The van der Waals surface area contributed by atoms with Gasteiger partial charge in [-0.25, -0.2) is 0 Å². The van der Waals surface area contributed by atoms with Crippen molar-refractivity contribution in [3.8, 4) is 17.2 Å². The second-order valence-electron chi connectivity index (χ2n) is 9.74. The topological polar surface area (TPSA) is 104 Å². The van der Waals surface area contributed by atoms with Gasteiger partial charge >= 0.3 is 0 Å². The number of carbonyl (C=O) groups is 2. The van der Waals surface area contributed by atoms with Crippen molar-refractivity contribution < 1.29 is 23.6 Å². The minimum Gasteiger partial charge on any atom is -0.494 e. The van der Waals surface area contributed by atoms with Gasteiger partial charge < -0.3 is 19.3 Å². The van der Waals surface area contributed by atoms with Crippen molar-refractivity contribution in [1.29, 1.82) is 0 Å². The molecule has 2 aromatic heterocycles. The molecule has 0 aliphatic carbocycles. The molecule has 37 heavy (non-hydrogen) atoms. The Bertz CT molecular complexity index is 1470. The predicted molar refractivity (Wildman–Crippen MR) is 142 cm³/mol. The highest BCUT2D eigenvalue weighted by Crippen LogP contribution is 2.36. The molecule has 4 rings (SSSR count). The number of aromatic nitrogens is 2. The van der Waals surface area contributed by atoms with Crippen LogP contribution in [0.5, 0.6) is 17.2 Å². The smallest absolute Gasteiger partial charge is 0.221 e. The van der Waals surface area contributed by atoms with E-state index in [9.17, 15) is 9.59 Å². The average Bonchev–Trinajstić information content (AvgIpc) is 3.29. The van der Waals surface area contributed by atoms with Crippen LogP contribution < -0.4 is 14.8 Å². The first-order valence-electron chi connectivity index (χ1n) is 11.7. The summed E-state index contributed by atoms with van der Waals surface area (Å²) in [5.74, 6) is 2.01. The molecule has 8 nitrogen and oxygen atoms in total. The molecule has 9 heteroatoms. The molecular formula is C28H28ClN3O5. The van der Waals surface area contributed by atoms with Crippen LogP contribution in [-0.4, -0.2) is 28.9 Å². The number of hydrogen-bond donors (Lipinski definition) is 1. The molecule has 192 valence electrons. The van der Waals surface area contributed by atoms with E-state index in [-0.39, 0.29) is 29.9 Å². The van der Waals surface area contributed by atoms with Crippen LogP contribution in [0.25, 0.3) is 10.9 Å². The van der Waals surface area contributed by atoms with E-state index in [0.29, 0.717) is 50.1 Å². The van der Waals surface area contributed by atoms with E-state index in [0.717, 1.165) is 5.76 Å². The SMILES string of the molecule is COc1cc2nccc(Oc3ccc(CC(=O)Cc4cc(C(C)(C)C)on4)c(Cl)c3)c2cc1NC(C)=O. The Morgan fingerprint density at radius 3 is 2.49 bits per heavy atom. The zero-order chi connectivity index (χ0) is 26.7. The van der Waals surface area contributed by atoms with Crippen molar-refractivity contribution in [3.63, 3.8) is 0 Å². The van der Waals surface area contributed by atoms with Crippen molar-refractivity contribution in [2.45, 2.75) is 46.0 Å². The van der Waals surface area contributed by atoms with Gasteiger partial charge in [0.25, 0.3) is 0 Å². The highest BCUT2D eigenvalue weighted by atomic mass is 35.5. The number of ketones is 1. The van der Waals surface area contributed by atoms with Gasteiger partial charge in [0.1, 0.15) is 28.8 Å². The number of benzene rings is 2. The van der Waals surface area contributed by atoms with Crippen molar-refractivity contribution in [2.75, 3.05) is 12.4 Å². The number of pyridine rings is 1. The number of nitrogens with one attached hydrogen (secondary N) is 1. The molecule has 0 spiro atoms. The van der Waals surface area contributed by atoms with E-state index < -0.39 is 0 Å². The zero-order valence-corrected chi connectivity index (χ0v) is 22.1. The number of nitrogens with zero attached hydrogens (tertiary/aromatic N) is 2. The fourth-order valence-corrected chi connectivity index (χ4v) is 4.02. The van der Waals surface area contributed by atoms with Crippen LogP contribution in [0.2, 0.25) is 5.02 Å². The molecule has 0 unspecified atom stereocenters. The first-order chi connectivity index (χ1) is 17.5. The molecule has 0 aliphatic heterocycles. The first-order valence-corrected chi connectivity index (χ1v) is 12.1. The second-order valence-corrected chi connectivity index (χ2v) is 10.1. The van der Waals surface area contributed by atoms with Crippen LogP contribution in [0, 0.1) is 0 Å². The highest BCUT2D eigenvalue weighted by molar-refractivity contribution is 6.31. The highest BCUT2D eigenvalue weighted by Gasteiger charge is 2.21. The predicted octanol–water partition coefficient (Wildman–Crippen LogP) is 6.29. The van der Waals surface area contributed by atoms with Gasteiger partial charge in [-0.1, -0.05) is 43.6 Å². The molecule has 0 saturated carbocycles. The third kappa shape index (κ3) is 6.27. The molecule has 0 aliphatic rings. The quantitative estimate of drug-likeness (QED) is 0.290. The summed E-state index contributed by atoms with van der Waals surface area (Å²) in [5.41, 5.74) is 2.26. The number of methoxy groups -OCH3 is 1. The Balaban J connectivity index is 1.51. The number of anilines is 1. The first kappa shape index (κ1) is 26.2. The Hall–Kier alpha value is -3.91. The molecule has 0 saturated heterocycles. The molecule has 2 heterocycles. The van der Waals surface area contributed by atoms with E-state index in [1.165, 1.54) is 14.0 Å². The summed E-state index contributed by atoms with van der Waals surface area (Å²) in [4.78, 5) is 28.7. The van der Waals surface area contributed by atoms with Gasteiger partial charge in [0.05, 0.1) is 30.4 Å². The lowest BCUT2D eigenvalue weighted by Gasteiger charge is -2.14. The normalized spacial score (nSPS) is 11.4. The lowest BCUT2D eigenvalue weighted by Crippen LogP contribution is -2.09. The van der Waals surface area contributed by atoms with Gasteiger partial charge in [0.15, 0.2) is 0 Å². The minimum atomic E-state index is -0.223. The standard InChI is InChI=1S/C28H28ClN3O5/c1-16(33)31-24-14-21-23(15-26(24)35-5)30-9-8-25(21)36-20-7-6-17(22(29)13-20)10-19(34)11-18-12-27(37-32-18)28(2,3)4/h6-9,12-15H,10-11H2,1-5H3,(H,31,33). The van der Waals surface area contributed by atoms with Crippen molar-refractivity contribution >= 4 is 39.9 Å². The number of halogens is 1.